The molecule has 1 fully saturated rings. The molecule has 0 radical (unpaired) electrons. The minimum absolute atomic E-state index is 0.163. The maximum atomic E-state index is 10.6. The summed E-state index contributed by atoms with van der Waals surface area (Å²) in [6.45, 7) is 8.09. The second-order valence-corrected chi connectivity index (χ2v) is 5.56. The first-order chi connectivity index (χ1) is 7.99. The molecule has 1 heterocycles. The lowest BCUT2D eigenvalue weighted by Gasteiger charge is -2.36. The molecular weight excluding hydrogens is 216 g/mol. The van der Waals surface area contributed by atoms with Crippen LogP contribution in [0, 0.1) is 5.92 Å². The number of carboxylic acids is 1. The first-order valence-corrected chi connectivity index (χ1v) is 6.63. The summed E-state index contributed by atoms with van der Waals surface area (Å²) in [6.07, 6.45) is 3.46. The van der Waals surface area contributed by atoms with Gasteiger partial charge in [-0.2, -0.15) is 0 Å². The van der Waals surface area contributed by atoms with Gasteiger partial charge in [0.05, 0.1) is 6.54 Å². The van der Waals surface area contributed by atoms with Crippen LogP contribution in [0.25, 0.3) is 0 Å². The van der Waals surface area contributed by atoms with Gasteiger partial charge in [-0.25, -0.2) is 0 Å². The average Bonchev–Trinajstić information content (AvgIpc) is 2.26. The van der Waals surface area contributed by atoms with Gasteiger partial charge in [-0.15, -0.1) is 0 Å². The highest BCUT2D eigenvalue weighted by molar-refractivity contribution is 5.69. The normalized spacial score (nSPS) is 19.1. The molecule has 0 unspecified atom stereocenters. The molecule has 0 bridgehead atoms. The van der Waals surface area contributed by atoms with Gasteiger partial charge in [0, 0.05) is 6.04 Å². The standard InChI is InChI=1S/C13H26N2O2/c1-11(2)4-7-15-8-5-12(6-9-15)14(3)10-13(16)17/h11-12H,4-10H2,1-3H3,(H,16,17). The fourth-order valence-electron chi connectivity index (χ4n) is 2.37. The van der Waals surface area contributed by atoms with Crippen molar-refractivity contribution < 1.29 is 9.90 Å². The number of aliphatic carboxylic acids is 1. The lowest BCUT2D eigenvalue weighted by molar-refractivity contribution is -0.138. The molecule has 1 aliphatic rings. The number of likely N-dealkylation sites (tertiary alicyclic amines) is 1. The van der Waals surface area contributed by atoms with E-state index < -0.39 is 5.97 Å². The van der Waals surface area contributed by atoms with Crippen LogP contribution in [0.3, 0.4) is 0 Å². The molecular formula is C13H26N2O2. The van der Waals surface area contributed by atoms with E-state index in [1.54, 1.807) is 0 Å². The molecule has 0 aliphatic carbocycles. The second kappa shape index (κ2) is 6.97. The van der Waals surface area contributed by atoms with E-state index in [0.29, 0.717) is 6.04 Å². The third-order valence-electron chi connectivity index (χ3n) is 3.59. The van der Waals surface area contributed by atoms with Gasteiger partial charge in [-0.1, -0.05) is 13.8 Å². The van der Waals surface area contributed by atoms with E-state index in [4.69, 9.17) is 5.11 Å². The van der Waals surface area contributed by atoms with Crippen molar-refractivity contribution in [1.29, 1.82) is 0 Å². The Kier molecular flexibility index (Phi) is 5.92. The number of nitrogens with zero attached hydrogens (tertiary/aromatic N) is 2. The number of likely N-dealkylation sites (N-methyl/N-ethyl adjacent to an activating group) is 1. The highest BCUT2D eigenvalue weighted by Gasteiger charge is 2.23. The maximum Gasteiger partial charge on any atom is 0.317 e. The highest BCUT2D eigenvalue weighted by Crippen LogP contribution is 2.16. The van der Waals surface area contributed by atoms with Crippen molar-refractivity contribution in [3.63, 3.8) is 0 Å². The van der Waals surface area contributed by atoms with Gasteiger partial charge in [0.15, 0.2) is 0 Å². The van der Waals surface area contributed by atoms with E-state index in [1.807, 2.05) is 11.9 Å². The van der Waals surface area contributed by atoms with E-state index in [-0.39, 0.29) is 6.54 Å². The Bertz CT molecular complexity index is 236. The molecule has 4 heteroatoms. The zero-order valence-corrected chi connectivity index (χ0v) is 11.4. The molecule has 0 amide bonds. The number of hydrogen-bond acceptors (Lipinski definition) is 3. The van der Waals surface area contributed by atoms with Crippen molar-refractivity contribution >= 4 is 5.97 Å². The van der Waals surface area contributed by atoms with Crippen molar-refractivity contribution in [2.24, 2.45) is 5.92 Å². The lowest BCUT2D eigenvalue weighted by Crippen LogP contribution is -2.45. The smallest absolute Gasteiger partial charge is 0.317 e. The minimum Gasteiger partial charge on any atom is -0.480 e. The molecule has 0 spiro atoms. The Balaban J connectivity index is 2.23. The van der Waals surface area contributed by atoms with Gasteiger partial charge in [-0.05, 0) is 51.9 Å². The summed E-state index contributed by atoms with van der Waals surface area (Å²) in [5, 5.41) is 8.76. The van der Waals surface area contributed by atoms with Crippen LogP contribution in [0.1, 0.15) is 33.1 Å². The molecule has 100 valence electrons. The van der Waals surface area contributed by atoms with Crippen molar-refractivity contribution in [1.82, 2.24) is 9.80 Å². The molecule has 0 aromatic carbocycles. The Labute approximate surface area is 105 Å². The summed E-state index contributed by atoms with van der Waals surface area (Å²) in [5.74, 6) is 0.0390. The predicted octanol–water partition coefficient (Wildman–Crippen LogP) is 1.51. The van der Waals surface area contributed by atoms with Crippen LogP contribution < -0.4 is 0 Å². The van der Waals surface area contributed by atoms with Gasteiger partial charge in [0.25, 0.3) is 0 Å². The monoisotopic (exact) mass is 242 g/mol. The van der Waals surface area contributed by atoms with E-state index in [0.717, 1.165) is 31.8 Å². The topological polar surface area (TPSA) is 43.8 Å². The molecule has 0 aromatic rings. The zero-order valence-electron chi connectivity index (χ0n) is 11.4. The first kappa shape index (κ1) is 14.5. The Morgan fingerprint density at radius 1 is 1.41 bits per heavy atom. The first-order valence-electron chi connectivity index (χ1n) is 6.63. The van der Waals surface area contributed by atoms with Crippen LogP contribution in [0.5, 0.6) is 0 Å². The van der Waals surface area contributed by atoms with Gasteiger partial charge in [-0.3, -0.25) is 9.69 Å². The van der Waals surface area contributed by atoms with Crippen LogP contribution >= 0.6 is 0 Å². The lowest BCUT2D eigenvalue weighted by atomic mass is 10.0. The van der Waals surface area contributed by atoms with Crippen LogP contribution in [0.4, 0.5) is 0 Å². The van der Waals surface area contributed by atoms with E-state index in [2.05, 4.69) is 18.7 Å². The number of rotatable bonds is 6. The van der Waals surface area contributed by atoms with Crippen molar-refractivity contribution in [3.8, 4) is 0 Å². The van der Waals surface area contributed by atoms with E-state index in [1.165, 1.54) is 13.0 Å². The SMILES string of the molecule is CC(C)CCN1CCC(N(C)CC(=O)O)CC1. The predicted molar refractivity (Wildman–Crippen MR) is 69.2 cm³/mol. The third-order valence-corrected chi connectivity index (χ3v) is 3.59. The Morgan fingerprint density at radius 2 is 2.00 bits per heavy atom. The zero-order chi connectivity index (χ0) is 12.8. The number of hydrogen-bond donors (Lipinski definition) is 1. The fraction of sp³-hybridized carbons (Fsp3) is 0.923. The van der Waals surface area contributed by atoms with Crippen LogP contribution in [-0.4, -0.2) is 60.1 Å². The van der Waals surface area contributed by atoms with Gasteiger partial charge in [0.2, 0.25) is 0 Å². The second-order valence-electron chi connectivity index (χ2n) is 5.56. The van der Waals surface area contributed by atoms with Crippen LogP contribution in [0.2, 0.25) is 0 Å². The molecule has 0 atom stereocenters. The van der Waals surface area contributed by atoms with Crippen molar-refractivity contribution in [2.45, 2.75) is 39.2 Å². The minimum atomic E-state index is -0.727. The summed E-state index contributed by atoms with van der Waals surface area (Å²) < 4.78 is 0. The maximum absolute atomic E-state index is 10.6. The van der Waals surface area contributed by atoms with E-state index in [9.17, 15) is 4.79 Å². The van der Waals surface area contributed by atoms with Crippen molar-refractivity contribution in [3.05, 3.63) is 0 Å². The quantitative estimate of drug-likeness (QED) is 0.767. The van der Waals surface area contributed by atoms with Gasteiger partial charge < -0.3 is 10.0 Å². The number of piperidine rings is 1. The highest BCUT2D eigenvalue weighted by atomic mass is 16.4. The largest absolute Gasteiger partial charge is 0.480 e. The molecule has 1 N–H and O–H groups in total. The molecule has 4 nitrogen and oxygen atoms in total. The molecule has 0 saturated carbocycles. The van der Waals surface area contributed by atoms with Gasteiger partial charge >= 0.3 is 5.97 Å². The summed E-state index contributed by atoms with van der Waals surface area (Å²) in [4.78, 5) is 15.1. The Morgan fingerprint density at radius 3 is 2.47 bits per heavy atom. The summed E-state index contributed by atoms with van der Waals surface area (Å²) in [7, 11) is 1.92. The van der Waals surface area contributed by atoms with E-state index >= 15 is 0 Å². The molecule has 0 aromatic heterocycles. The summed E-state index contributed by atoms with van der Waals surface area (Å²) >= 11 is 0. The van der Waals surface area contributed by atoms with Crippen molar-refractivity contribution in [2.75, 3.05) is 33.2 Å². The summed E-state index contributed by atoms with van der Waals surface area (Å²) in [5.41, 5.74) is 0. The molecule has 1 saturated heterocycles. The van der Waals surface area contributed by atoms with Crippen LogP contribution in [-0.2, 0) is 4.79 Å². The molecule has 1 rings (SSSR count). The summed E-state index contributed by atoms with van der Waals surface area (Å²) in [6, 6.07) is 0.446. The number of carbonyl (C=O) groups is 1. The number of carboxylic acid groups (broad SMARTS) is 1. The molecule has 1 aliphatic heterocycles. The average molecular weight is 242 g/mol. The van der Waals surface area contributed by atoms with Gasteiger partial charge in [0.1, 0.15) is 0 Å². The third kappa shape index (κ3) is 5.50. The molecule has 17 heavy (non-hydrogen) atoms. The Hall–Kier alpha value is -0.610. The fourth-order valence-corrected chi connectivity index (χ4v) is 2.37. The van der Waals surface area contributed by atoms with Crippen LogP contribution in [0.15, 0.2) is 0 Å².